The Kier molecular flexibility index (Phi) is 4.88. The van der Waals surface area contributed by atoms with E-state index in [2.05, 4.69) is 0 Å². The van der Waals surface area contributed by atoms with Gasteiger partial charge in [-0.25, -0.2) is 0 Å². The van der Waals surface area contributed by atoms with Crippen LogP contribution in [0.3, 0.4) is 0 Å². The van der Waals surface area contributed by atoms with E-state index in [0.717, 1.165) is 37.1 Å². The molecule has 3 heterocycles. The summed E-state index contributed by atoms with van der Waals surface area (Å²) in [6, 6.07) is 11.4. The number of piperidine rings is 1. The van der Waals surface area contributed by atoms with E-state index in [4.69, 9.17) is 9.15 Å². The first-order valence-corrected chi connectivity index (χ1v) is 9.49. The molecule has 2 aliphatic heterocycles. The highest BCUT2D eigenvalue weighted by Crippen LogP contribution is 2.27. The molecule has 2 aromatic rings. The van der Waals surface area contributed by atoms with Crippen LogP contribution in [-0.2, 0) is 4.79 Å². The first kappa shape index (κ1) is 17.6. The van der Waals surface area contributed by atoms with Crippen LogP contribution < -0.4 is 4.74 Å². The van der Waals surface area contributed by atoms with Crippen molar-refractivity contribution in [3.8, 4) is 17.1 Å². The van der Waals surface area contributed by atoms with Gasteiger partial charge in [0.25, 0.3) is 5.91 Å². The molecule has 0 saturated carbocycles. The van der Waals surface area contributed by atoms with Gasteiger partial charge in [-0.05, 0) is 43.5 Å². The number of ether oxygens (including phenoxy) is 1. The molecule has 2 fully saturated rings. The smallest absolute Gasteiger partial charge is 0.289 e. The van der Waals surface area contributed by atoms with E-state index >= 15 is 0 Å². The lowest BCUT2D eigenvalue weighted by molar-refractivity contribution is -0.130. The number of hydrogen-bond donors (Lipinski definition) is 0. The van der Waals surface area contributed by atoms with E-state index in [1.165, 1.54) is 0 Å². The lowest BCUT2D eigenvalue weighted by atomic mass is 10.0. The zero-order chi connectivity index (χ0) is 18.8. The molecular formula is C21H24N2O4. The predicted octanol–water partition coefficient (Wildman–Crippen LogP) is 3.18. The number of rotatable bonds is 4. The molecule has 4 rings (SSSR count). The fraction of sp³-hybridized carbons (Fsp3) is 0.429. The number of nitrogens with zero attached hydrogens (tertiary/aromatic N) is 2. The second kappa shape index (κ2) is 7.47. The topological polar surface area (TPSA) is 63.0 Å². The van der Waals surface area contributed by atoms with Crippen LogP contribution in [0.2, 0.25) is 0 Å². The number of furan rings is 1. The molecule has 2 aliphatic rings. The van der Waals surface area contributed by atoms with Crippen molar-refractivity contribution in [1.29, 1.82) is 0 Å². The Morgan fingerprint density at radius 2 is 1.96 bits per heavy atom. The van der Waals surface area contributed by atoms with Crippen molar-refractivity contribution in [3.63, 3.8) is 0 Å². The molecule has 2 amide bonds. The Morgan fingerprint density at radius 3 is 2.67 bits per heavy atom. The SMILES string of the molecule is COc1cccc(-c2ccc(C(=O)N3CCC(N4CCCC4=O)CC3)o2)c1. The second-order valence-electron chi connectivity index (χ2n) is 7.11. The van der Waals surface area contributed by atoms with Crippen LogP contribution >= 0.6 is 0 Å². The Bertz CT molecular complexity index is 836. The van der Waals surface area contributed by atoms with Gasteiger partial charge in [0.2, 0.25) is 5.91 Å². The lowest BCUT2D eigenvalue weighted by Crippen LogP contribution is -2.47. The van der Waals surface area contributed by atoms with Crippen molar-refractivity contribution in [3.05, 3.63) is 42.2 Å². The summed E-state index contributed by atoms with van der Waals surface area (Å²) in [7, 11) is 1.62. The summed E-state index contributed by atoms with van der Waals surface area (Å²) < 4.78 is 11.1. The Morgan fingerprint density at radius 1 is 1.15 bits per heavy atom. The number of hydrogen-bond acceptors (Lipinski definition) is 4. The van der Waals surface area contributed by atoms with Crippen molar-refractivity contribution in [2.45, 2.75) is 31.7 Å². The van der Waals surface area contributed by atoms with Gasteiger partial charge in [-0.15, -0.1) is 0 Å². The molecule has 0 aliphatic carbocycles. The van der Waals surface area contributed by atoms with Crippen LogP contribution in [0.1, 0.15) is 36.2 Å². The fourth-order valence-electron chi connectivity index (χ4n) is 3.98. The minimum atomic E-state index is -0.0876. The van der Waals surface area contributed by atoms with Gasteiger partial charge in [0.05, 0.1) is 7.11 Å². The van der Waals surface area contributed by atoms with Crippen molar-refractivity contribution < 1.29 is 18.7 Å². The average Bonchev–Trinajstić information content (AvgIpc) is 3.37. The molecule has 1 aromatic carbocycles. The van der Waals surface area contributed by atoms with Gasteiger partial charge in [-0.2, -0.15) is 0 Å². The Labute approximate surface area is 158 Å². The molecule has 2 saturated heterocycles. The van der Waals surface area contributed by atoms with E-state index in [1.807, 2.05) is 40.1 Å². The normalized spacial score (nSPS) is 18.2. The van der Waals surface area contributed by atoms with Gasteiger partial charge in [-0.3, -0.25) is 9.59 Å². The van der Waals surface area contributed by atoms with Crippen LogP contribution in [0.25, 0.3) is 11.3 Å². The van der Waals surface area contributed by atoms with Crippen molar-refractivity contribution in [2.75, 3.05) is 26.7 Å². The quantitative estimate of drug-likeness (QED) is 0.831. The monoisotopic (exact) mass is 368 g/mol. The number of carbonyl (C=O) groups is 2. The van der Waals surface area contributed by atoms with Crippen molar-refractivity contribution >= 4 is 11.8 Å². The van der Waals surface area contributed by atoms with Gasteiger partial charge < -0.3 is 19.0 Å². The number of amides is 2. The summed E-state index contributed by atoms with van der Waals surface area (Å²) >= 11 is 0. The van der Waals surface area contributed by atoms with Gasteiger partial charge in [0, 0.05) is 37.7 Å². The van der Waals surface area contributed by atoms with Gasteiger partial charge in [0.15, 0.2) is 5.76 Å². The van der Waals surface area contributed by atoms with Crippen LogP contribution in [0.15, 0.2) is 40.8 Å². The summed E-state index contributed by atoms with van der Waals surface area (Å²) in [6.45, 7) is 2.17. The maximum absolute atomic E-state index is 12.8. The maximum Gasteiger partial charge on any atom is 0.289 e. The van der Waals surface area contributed by atoms with Crippen LogP contribution in [0, 0.1) is 0 Å². The number of benzene rings is 1. The van der Waals surface area contributed by atoms with Crippen molar-refractivity contribution in [1.82, 2.24) is 9.80 Å². The molecule has 6 nitrogen and oxygen atoms in total. The fourth-order valence-corrected chi connectivity index (χ4v) is 3.98. The molecule has 0 unspecified atom stereocenters. The van der Waals surface area contributed by atoms with Crippen LogP contribution in [-0.4, -0.2) is 54.4 Å². The zero-order valence-electron chi connectivity index (χ0n) is 15.5. The molecule has 0 spiro atoms. The molecular weight excluding hydrogens is 344 g/mol. The third-order valence-electron chi connectivity index (χ3n) is 5.47. The summed E-state index contributed by atoms with van der Waals surface area (Å²) in [5.41, 5.74) is 0.875. The molecule has 142 valence electrons. The summed E-state index contributed by atoms with van der Waals surface area (Å²) in [5, 5.41) is 0. The average molecular weight is 368 g/mol. The first-order chi connectivity index (χ1) is 13.2. The van der Waals surface area contributed by atoms with Gasteiger partial charge in [-0.1, -0.05) is 12.1 Å². The van der Waals surface area contributed by atoms with Crippen molar-refractivity contribution in [2.24, 2.45) is 0 Å². The first-order valence-electron chi connectivity index (χ1n) is 9.49. The number of likely N-dealkylation sites (tertiary alicyclic amines) is 2. The van der Waals surface area contributed by atoms with E-state index in [-0.39, 0.29) is 17.9 Å². The Balaban J connectivity index is 1.40. The van der Waals surface area contributed by atoms with E-state index in [9.17, 15) is 9.59 Å². The standard InChI is InChI=1S/C21H24N2O4/c1-26-17-5-2-4-15(14-17)18-7-8-19(27-18)21(25)22-12-9-16(10-13-22)23-11-3-6-20(23)24/h2,4-5,7-8,14,16H,3,6,9-13H2,1H3. The summed E-state index contributed by atoms with van der Waals surface area (Å²) in [5.74, 6) is 1.91. The highest BCUT2D eigenvalue weighted by Gasteiger charge is 2.32. The minimum absolute atomic E-state index is 0.0876. The second-order valence-corrected chi connectivity index (χ2v) is 7.11. The van der Waals surface area contributed by atoms with E-state index in [1.54, 1.807) is 13.2 Å². The molecule has 6 heteroatoms. The minimum Gasteiger partial charge on any atom is -0.497 e. The molecule has 27 heavy (non-hydrogen) atoms. The molecule has 0 bridgehead atoms. The lowest BCUT2D eigenvalue weighted by Gasteiger charge is -2.36. The largest absolute Gasteiger partial charge is 0.497 e. The van der Waals surface area contributed by atoms with E-state index in [0.29, 0.717) is 31.0 Å². The maximum atomic E-state index is 12.8. The number of methoxy groups -OCH3 is 1. The summed E-state index contributed by atoms with van der Waals surface area (Å²) in [6.07, 6.45) is 3.29. The Hall–Kier alpha value is -2.76. The highest BCUT2D eigenvalue weighted by atomic mass is 16.5. The number of carbonyl (C=O) groups excluding carboxylic acids is 2. The van der Waals surface area contributed by atoms with Gasteiger partial charge >= 0.3 is 0 Å². The zero-order valence-corrected chi connectivity index (χ0v) is 15.5. The van der Waals surface area contributed by atoms with E-state index < -0.39 is 0 Å². The summed E-state index contributed by atoms with van der Waals surface area (Å²) in [4.78, 5) is 28.5. The molecule has 1 aromatic heterocycles. The predicted molar refractivity (Wildman–Crippen MR) is 101 cm³/mol. The van der Waals surface area contributed by atoms with Gasteiger partial charge in [0.1, 0.15) is 11.5 Å². The third kappa shape index (κ3) is 3.56. The molecule has 0 atom stereocenters. The molecule has 0 N–H and O–H groups in total. The van der Waals surface area contributed by atoms with Crippen LogP contribution in [0.4, 0.5) is 0 Å². The third-order valence-corrected chi connectivity index (χ3v) is 5.47. The highest BCUT2D eigenvalue weighted by molar-refractivity contribution is 5.92. The van der Waals surface area contributed by atoms with Crippen LogP contribution in [0.5, 0.6) is 5.75 Å². The molecule has 0 radical (unpaired) electrons.